The molecule has 0 aliphatic carbocycles. The number of furan rings is 1. The Balaban J connectivity index is 1.29. The Labute approximate surface area is 202 Å². The molecule has 3 N–H and O–H groups in total. The topological polar surface area (TPSA) is 136 Å². The summed E-state index contributed by atoms with van der Waals surface area (Å²) in [6.07, 6.45) is 1.54. The Bertz CT molecular complexity index is 1270. The van der Waals surface area contributed by atoms with Crippen molar-refractivity contribution in [1.29, 1.82) is 0 Å². The second-order valence-corrected chi connectivity index (χ2v) is 9.56. The van der Waals surface area contributed by atoms with E-state index in [1.54, 1.807) is 18.2 Å². The minimum absolute atomic E-state index is 0.0216. The van der Waals surface area contributed by atoms with Crippen molar-refractivity contribution >= 4 is 21.8 Å². The molecule has 2 aromatic carbocycles. The highest BCUT2D eigenvalue weighted by Gasteiger charge is 2.21. The number of nitrogens with one attached hydrogen (secondary N) is 3. The van der Waals surface area contributed by atoms with Gasteiger partial charge in [-0.15, -0.1) is 0 Å². The summed E-state index contributed by atoms with van der Waals surface area (Å²) < 4.78 is 44.1. The van der Waals surface area contributed by atoms with Gasteiger partial charge < -0.3 is 13.9 Å². The Hall–Kier alpha value is -3.67. The molecule has 1 fully saturated rings. The summed E-state index contributed by atoms with van der Waals surface area (Å²) in [6, 6.07) is 17.7. The molecule has 3 aromatic rings. The van der Waals surface area contributed by atoms with Crippen LogP contribution in [0.5, 0.6) is 5.75 Å². The van der Waals surface area contributed by atoms with E-state index in [4.69, 9.17) is 13.9 Å². The van der Waals surface area contributed by atoms with E-state index in [1.165, 1.54) is 30.3 Å². The van der Waals surface area contributed by atoms with Gasteiger partial charge >= 0.3 is 5.91 Å². The molecule has 1 atom stereocenters. The third kappa shape index (κ3) is 6.69. The first-order valence-corrected chi connectivity index (χ1v) is 12.5. The van der Waals surface area contributed by atoms with Crippen LogP contribution in [0.15, 0.2) is 76.0 Å². The third-order valence-corrected chi connectivity index (χ3v) is 6.65. The summed E-state index contributed by atoms with van der Waals surface area (Å²) in [6.45, 7) is 0.913. The third-order valence-electron chi connectivity index (χ3n) is 5.23. The maximum Gasteiger partial charge on any atom is 0.305 e. The largest absolute Gasteiger partial charge is 0.486 e. The van der Waals surface area contributed by atoms with Crippen LogP contribution in [0.4, 0.5) is 0 Å². The summed E-state index contributed by atoms with van der Waals surface area (Å²) in [7, 11) is -3.83. The lowest BCUT2D eigenvalue weighted by Crippen LogP contribution is -2.41. The number of ether oxygens (including phenoxy) is 2. The molecule has 11 heteroatoms. The minimum Gasteiger partial charge on any atom is -0.486 e. The van der Waals surface area contributed by atoms with Crippen molar-refractivity contribution in [3.63, 3.8) is 0 Å². The average Bonchev–Trinajstić information content (AvgIpc) is 3.58. The van der Waals surface area contributed by atoms with Gasteiger partial charge in [-0.2, -0.15) is 0 Å². The molecular weight excluding hydrogens is 474 g/mol. The van der Waals surface area contributed by atoms with Crippen LogP contribution in [0.1, 0.15) is 39.5 Å². The highest BCUT2D eigenvalue weighted by molar-refractivity contribution is 7.89. The molecule has 184 valence electrons. The Morgan fingerprint density at radius 3 is 2.54 bits per heavy atom. The molecule has 0 bridgehead atoms. The highest BCUT2D eigenvalue weighted by Crippen LogP contribution is 2.16. The van der Waals surface area contributed by atoms with E-state index in [0.717, 1.165) is 12.8 Å². The van der Waals surface area contributed by atoms with Gasteiger partial charge in [-0.05, 0) is 55.3 Å². The van der Waals surface area contributed by atoms with E-state index in [2.05, 4.69) is 15.6 Å². The number of hydrogen-bond donors (Lipinski definition) is 3. The fourth-order valence-corrected chi connectivity index (χ4v) is 4.50. The van der Waals surface area contributed by atoms with Crippen molar-refractivity contribution in [2.45, 2.75) is 30.4 Å². The van der Waals surface area contributed by atoms with Gasteiger partial charge in [-0.3, -0.25) is 20.4 Å². The molecule has 4 rings (SSSR count). The number of rotatable bonds is 9. The SMILES string of the molecule is O=C(NNC(=O)c1ccc(COc2ccccc2)o1)c1cccc(S(=O)(=O)NC[C@@H]2CCCO2)c1. The van der Waals surface area contributed by atoms with Crippen molar-refractivity contribution in [2.75, 3.05) is 13.2 Å². The van der Waals surface area contributed by atoms with Gasteiger partial charge in [-0.25, -0.2) is 13.1 Å². The van der Waals surface area contributed by atoms with E-state index in [-0.39, 0.29) is 35.5 Å². The van der Waals surface area contributed by atoms with E-state index in [0.29, 0.717) is 18.1 Å². The smallest absolute Gasteiger partial charge is 0.305 e. The number of sulfonamides is 1. The first kappa shape index (κ1) is 24.5. The van der Waals surface area contributed by atoms with Gasteiger partial charge in [0.2, 0.25) is 10.0 Å². The lowest BCUT2D eigenvalue weighted by Gasteiger charge is -2.12. The molecule has 2 amide bonds. The predicted molar refractivity (Wildman–Crippen MR) is 125 cm³/mol. The molecule has 1 saturated heterocycles. The normalized spacial score (nSPS) is 15.5. The zero-order chi connectivity index (χ0) is 24.7. The molecule has 1 aromatic heterocycles. The van der Waals surface area contributed by atoms with Crippen molar-refractivity contribution in [3.8, 4) is 5.75 Å². The predicted octanol–water partition coefficient (Wildman–Crippen LogP) is 2.39. The highest BCUT2D eigenvalue weighted by atomic mass is 32.2. The van der Waals surface area contributed by atoms with E-state index >= 15 is 0 Å². The summed E-state index contributed by atoms with van der Waals surface area (Å²) in [5.74, 6) is -0.293. The second-order valence-electron chi connectivity index (χ2n) is 7.79. The number of hydrazine groups is 1. The Kier molecular flexibility index (Phi) is 7.80. The van der Waals surface area contributed by atoms with Crippen LogP contribution in [0.2, 0.25) is 0 Å². The lowest BCUT2D eigenvalue weighted by atomic mass is 10.2. The van der Waals surface area contributed by atoms with Crippen LogP contribution in [-0.2, 0) is 21.4 Å². The molecule has 2 heterocycles. The maximum absolute atomic E-state index is 12.6. The molecule has 10 nitrogen and oxygen atoms in total. The molecule has 35 heavy (non-hydrogen) atoms. The van der Waals surface area contributed by atoms with Crippen molar-refractivity contribution in [3.05, 3.63) is 83.8 Å². The lowest BCUT2D eigenvalue weighted by molar-refractivity contribution is 0.0828. The fraction of sp³-hybridized carbons (Fsp3) is 0.250. The standard InChI is InChI=1S/C24H25N3O7S/c28-23(17-6-4-10-21(14-17)35(30,31)25-15-19-9-5-13-32-19)26-27-24(29)22-12-11-20(34-22)16-33-18-7-2-1-3-8-18/h1-4,6-8,10-12,14,19,25H,5,9,13,15-16H2,(H,26,28)(H,27,29)/t19-/m0/s1. The molecule has 1 aliphatic rings. The van der Waals surface area contributed by atoms with Gasteiger partial charge in [-0.1, -0.05) is 24.3 Å². The first-order chi connectivity index (χ1) is 16.9. The van der Waals surface area contributed by atoms with Gasteiger partial charge in [0.1, 0.15) is 18.1 Å². The van der Waals surface area contributed by atoms with Crippen molar-refractivity contribution in [2.24, 2.45) is 0 Å². The monoisotopic (exact) mass is 499 g/mol. The fourth-order valence-electron chi connectivity index (χ4n) is 3.39. The molecule has 0 radical (unpaired) electrons. The van der Waals surface area contributed by atoms with Gasteiger partial charge in [0.15, 0.2) is 5.76 Å². The average molecular weight is 500 g/mol. The van der Waals surface area contributed by atoms with Crippen LogP contribution in [0, 0.1) is 0 Å². The summed E-state index contributed by atoms with van der Waals surface area (Å²) in [4.78, 5) is 24.7. The first-order valence-electron chi connectivity index (χ1n) is 11.0. The maximum atomic E-state index is 12.6. The van der Waals surface area contributed by atoms with E-state index < -0.39 is 21.8 Å². The van der Waals surface area contributed by atoms with E-state index in [1.807, 2.05) is 18.2 Å². The Morgan fingerprint density at radius 2 is 1.77 bits per heavy atom. The van der Waals surface area contributed by atoms with Gasteiger partial charge in [0, 0.05) is 18.7 Å². The van der Waals surface area contributed by atoms with E-state index in [9.17, 15) is 18.0 Å². The van der Waals surface area contributed by atoms with Crippen LogP contribution in [-0.4, -0.2) is 39.5 Å². The number of para-hydroxylation sites is 1. The van der Waals surface area contributed by atoms with Crippen LogP contribution < -0.4 is 20.3 Å². The zero-order valence-corrected chi connectivity index (χ0v) is 19.5. The molecule has 0 spiro atoms. The number of amides is 2. The summed E-state index contributed by atoms with van der Waals surface area (Å²) in [5.41, 5.74) is 4.56. The van der Waals surface area contributed by atoms with Crippen molar-refractivity contribution in [1.82, 2.24) is 15.6 Å². The summed E-state index contributed by atoms with van der Waals surface area (Å²) >= 11 is 0. The zero-order valence-electron chi connectivity index (χ0n) is 18.7. The van der Waals surface area contributed by atoms with Crippen LogP contribution >= 0.6 is 0 Å². The van der Waals surface area contributed by atoms with Gasteiger partial charge in [0.05, 0.1) is 11.0 Å². The van der Waals surface area contributed by atoms with Crippen molar-refractivity contribution < 1.29 is 31.9 Å². The number of carbonyl (C=O) groups excluding carboxylic acids is 2. The molecular formula is C24H25N3O7S. The number of hydrogen-bond acceptors (Lipinski definition) is 7. The van der Waals surface area contributed by atoms with Crippen LogP contribution in [0.3, 0.4) is 0 Å². The van der Waals surface area contributed by atoms with Crippen LogP contribution in [0.25, 0.3) is 0 Å². The quantitative estimate of drug-likeness (QED) is 0.385. The van der Waals surface area contributed by atoms with Gasteiger partial charge in [0.25, 0.3) is 5.91 Å². The Morgan fingerprint density at radius 1 is 0.971 bits per heavy atom. The number of carbonyl (C=O) groups is 2. The molecule has 0 saturated carbocycles. The molecule has 1 aliphatic heterocycles. The molecule has 0 unspecified atom stereocenters. The second kappa shape index (κ2) is 11.2. The summed E-state index contributed by atoms with van der Waals surface area (Å²) in [5, 5.41) is 0. The minimum atomic E-state index is -3.83. The number of benzene rings is 2.